The van der Waals surface area contributed by atoms with Gasteiger partial charge in [0.05, 0.1) is 33.3 Å². The molecule has 5 aromatic carbocycles. The summed E-state index contributed by atoms with van der Waals surface area (Å²) in [6, 6.07) is 39.6. The molecule has 0 aliphatic carbocycles. The van der Waals surface area contributed by atoms with Crippen molar-refractivity contribution < 1.29 is 0 Å². The van der Waals surface area contributed by atoms with E-state index in [2.05, 4.69) is 142 Å². The van der Waals surface area contributed by atoms with Gasteiger partial charge in [-0.25, -0.2) is 4.98 Å². The molecule has 0 radical (unpaired) electrons. The number of rotatable bonds is 4. The van der Waals surface area contributed by atoms with E-state index in [-0.39, 0.29) is 0 Å². The molecular weight excluding hydrogens is 557 g/mol. The van der Waals surface area contributed by atoms with Crippen molar-refractivity contribution in [1.82, 2.24) is 18.7 Å². The van der Waals surface area contributed by atoms with Crippen LogP contribution in [0, 0.1) is 6.92 Å². The van der Waals surface area contributed by atoms with Crippen molar-refractivity contribution in [1.29, 1.82) is 0 Å². The molecule has 0 atom stereocenters. The Kier molecular flexibility index (Phi) is 5.53. The van der Waals surface area contributed by atoms with E-state index in [0.717, 1.165) is 27.6 Å². The number of aromatic nitrogens is 4. The maximum Gasteiger partial charge on any atom is 0.174 e. The third-order valence-corrected chi connectivity index (χ3v) is 9.91. The van der Waals surface area contributed by atoms with E-state index in [1.807, 2.05) is 23.9 Å². The summed E-state index contributed by atoms with van der Waals surface area (Å²) in [5.41, 5.74) is 13.1. The Balaban J connectivity index is 1.24. The smallest absolute Gasteiger partial charge is 0.174 e. The standard InChI is InChI=1S/C39H28N4S/c1-3-4-11-29-25(2)41(35-15-8-5-12-30(29)35)28-19-21-37-32(23-28)31-13-6-9-16-36(31)42(37)27-18-20-34-26(22-27)24-44-39-40-33-14-7-10-17-38(33)43(34)39/h3-23H,1,24H2,2H3/b11-4-. The van der Waals surface area contributed by atoms with Gasteiger partial charge in [0.2, 0.25) is 0 Å². The minimum atomic E-state index is 0.899. The summed E-state index contributed by atoms with van der Waals surface area (Å²) in [4.78, 5) is 4.89. The maximum atomic E-state index is 4.89. The molecule has 1 aliphatic rings. The van der Waals surface area contributed by atoms with Crippen LogP contribution in [0.3, 0.4) is 0 Å². The molecule has 9 rings (SSSR count). The first-order valence-corrected chi connectivity index (χ1v) is 15.9. The van der Waals surface area contributed by atoms with Gasteiger partial charge in [-0.3, -0.25) is 4.57 Å². The van der Waals surface area contributed by atoms with Crippen molar-refractivity contribution in [2.24, 2.45) is 0 Å². The predicted octanol–water partition coefficient (Wildman–Crippen LogP) is 10.2. The fourth-order valence-electron chi connectivity index (χ4n) is 7.00. The second kappa shape index (κ2) is 9.63. The zero-order chi connectivity index (χ0) is 29.4. The van der Waals surface area contributed by atoms with Gasteiger partial charge in [0.25, 0.3) is 0 Å². The van der Waals surface area contributed by atoms with E-state index in [1.54, 1.807) is 0 Å². The molecule has 0 saturated carbocycles. The van der Waals surface area contributed by atoms with Crippen LogP contribution < -0.4 is 0 Å². The Morgan fingerprint density at radius 1 is 0.682 bits per heavy atom. The largest absolute Gasteiger partial charge is 0.313 e. The molecule has 44 heavy (non-hydrogen) atoms. The highest BCUT2D eigenvalue weighted by Crippen LogP contribution is 2.40. The topological polar surface area (TPSA) is 27.7 Å². The molecule has 4 heterocycles. The quantitative estimate of drug-likeness (QED) is 0.193. The van der Waals surface area contributed by atoms with Gasteiger partial charge in [0.1, 0.15) is 0 Å². The van der Waals surface area contributed by atoms with Crippen molar-refractivity contribution >= 4 is 61.6 Å². The van der Waals surface area contributed by atoms with Gasteiger partial charge >= 0.3 is 0 Å². The zero-order valence-electron chi connectivity index (χ0n) is 24.2. The van der Waals surface area contributed by atoms with Crippen LogP contribution >= 0.6 is 11.8 Å². The monoisotopic (exact) mass is 584 g/mol. The van der Waals surface area contributed by atoms with Crippen LogP contribution in [0.25, 0.3) is 66.9 Å². The van der Waals surface area contributed by atoms with Crippen LogP contribution in [0.5, 0.6) is 0 Å². The summed E-state index contributed by atoms with van der Waals surface area (Å²) < 4.78 is 7.11. The number of nitrogens with zero attached hydrogens (tertiary/aromatic N) is 4. The molecule has 0 amide bonds. The molecule has 0 unspecified atom stereocenters. The van der Waals surface area contributed by atoms with E-state index in [1.165, 1.54) is 60.9 Å². The van der Waals surface area contributed by atoms with Crippen molar-refractivity contribution in [2.75, 3.05) is 0 Å². The molecule has 4 nitrogen and oxygen atoms in total. The van der Waals surface area contributed by atoms with Crippen molar-refractivity contribution in [3.05, 3.63) is 145 Å². The highest BCUT2D eigenvalue weighted by atomic mass is 32.2. The average Bonchev–Trinajstić information content (AvgIpc) is 3.70. The molecule has 3 aromatic heterocycles. The lowest BCUT2D eigenvalue weighted by atomic mass is 10.1. The van der Waals surface area contributed by atoms with Gasteiger partial charge < -0.3 is 9.13 Å². The fraction of sp³-hybridized carbons (Fsp3) is 0.0513. The molecular formula is C39H28N4S. The van der Waals surface area contributed by atoms with Crippen molar-refractivity contribution in [3.63, 3.8) is 0 Å². The van der Waals surface area contributed by atoms with E-state index in [9.17, 15) is 0 Å². The summed E-state index contributed by atoms with van der Waals surface area (Å²) in [5.74, 6) is 0.899. The number of thioether (sulfide) groups is 1. The SMILES string of the molecule is C=C/C=C\c1c(C)n(-c2ccc3c(c2)c2ccccc2n3-c2ccc3c(c2)CSc2nc4ccccc4n2-3)c2ccccc12. The van der Waals surface area contributed by atoms with Crippen LogP contribution in [0.2, 0.25) is 0 Å². The van der Waals surface area contributed by atoms with Crippen LogP contribution in [0.4, 0.5) is 0 Å². The van der Waals surface area contributed by atoms with E-state index in [0.29, 0.717) is 0 Å². The summed E-state index contributed by atoms with van der Waals surface area (Å²) in [6.45, 7) is 6.09. The lowest BCUT2D eigenvalue weighted by Crippen LogP contribution is -2.07. The number of hydrogen-bond donors (Lipinski definition) is 0. The Hall–Kier alpha value is -5.26. The highest BCUT2D eigenvalue weighted by Gasteiger charge is 2.22. The molecule has 0 fully saturated rings. The normalized spacial score (nSPS) is 12.9. The first-order chi connectivity index (χ1) is 21.7. The van der Waals surface area contributed by atoms with Gasteiger partial charge in [0.15, 0.2) is 5.16 Å². The lowest BCUT2D eigenvalue weighted by Gasteiger charge is -2.20. The van der Waals surface area contributed by atoms with Crippen LogP contribution in [-0.2, 0) is 5.75 Å². The number of imidazole rings is 1. The van der Waals surface area contributed by atoms with E-state index < -0.39 is 0 Å². The first kappa shape index (κ1) is 25.3. The second-order valence-corrected chi connectivity index (χ2v) is 12.3. The number of allylic oxidation sites excluding steroid dienone is 2. The summed E-state index contributed by atoms with van der Waals surface area (Å²) in [7, 11) is 0. The fourth-order valence-corrected chi connectivity index (χ4v) is 8.00. The third kappa shape index (κ3) is 3.56. The summed E-state index contributed by atoms with van der Waals surface area (Å²) >= 11 is 1.81. The van der Waals surface area contributed by atoms with Gasteiger partial charge in [-0.15, -0.1) is 0 Å². The molecule has 8 aromatic rings. The van der Waals surface area contributed by atoms with Crippen LogP contribution in [0.1, 0.15) is 16.8 Å². The summed E-state index contributed by atoms with van der Waals surface area (Å²) in [5, 5.41) is 4.80. The number of para-hydroxylation sites is 4. The number of hydrogen-bond acceptors (Lipinski definition) is 2. The third-order valence-electron chi connectivity index (χ3n) is 8.92. The summed E-state index contributed by atoms with van der Waals surface area (Å²) in [6.07, 6.45) is 6.01. The van der Waals surface area contributed by atoms with Crippen LogP contribution in [0.15, 0.2) is 133 Å². The van der Waals surface area contributed by atoms with Crippen LogP contribution in [-0.4, -0.2) is 18.7 Å². The number of benzene rings is 5. The molecule has 0 N–H and O–H groups in total. The molecule has 0 spiro atoms. The molecule has 5 heteroatoms. The molecule has 1 aliphatic heterocycles. The molecule has 0 bridgehead atoms. The Morgan fingerprint density at radius 2 is 1.36 bits per heavy atom. The Labute approximate surface area is 259 Å². The second-order valence-electron chi connectivity index (χ2n) is 11.3. The maximum absolute atomic E-state index is 4.89. The lowest BCUT2D eigenvalue weighted by molar-refractivity contribution is 0.893. The predicted molar refractivity (Wildman–Crippen MR) is 186 cm³/mol. The minimum absolute atomic E-state index is 0.899. The Morgan fingerprint density at radius 3 is 2.20 bits per heavy atom. The Bertz CT molecular complexity index is 2490. The van der Waals surface area contributed by atoms with E-state index in [4.69, 9.17) is 4.98 Å². The zero-order valence-corrected chi connectivity index (χ0v) is 25.1. The minimum Gasteiger partial charge on any atom is -0.313 e. The van der Waals surface area contributed by atoms with Gasteiger partial charge in [-0.2, -0.15) is 0 Å². The molecule has 0 saturated heterocycles. The van der Waals surface area contributed by atoms with Crippen molar-refractivity contribution in [3.8, 4) is 17.1 Å². The van der Waals surface area contributed by atoms with Crippen molar-refractivity contribution in [2.45, 2.75) is 17.8 Å². The van der Waals surface area contributed by atoms with Gasteiger partial charge in [-0.05, 0) is 73.2 Å². The average molecular weight is 585 g/mol. The number of fused-ring (bicyclic) bond motifs is 9. The highest BCUT2D eigenvalue weighted by molar-refractivity contribution is 7.98. The van der Waals surface area contributed by atoms with Gasteiger partial charge in [-0.1, -0.05) is 85.1 Å². The molecule has 210 valence electrons. The van der Waals surface area contributed by atoms with Gasteiger partial charge in [0, 0.05) is 44.5 Å². The first-order valence-electron chi connectivity index (χ1n) is 14.9. The van der Waals surface area contributed by atoms with E-state index >= 15 is 0 Å².